The summed E-state index contributed by atoms with van der Waals surface area (Å²) >= 11 is 0. The molecule has 10 heteroatoms. The van der Waals surface area contributed by atoms with Gasteiger partial charge in [0.1, 0.15) is 12.2 Å². The van der Waals surface area contributed by atoms with Crippen molar-refractivity contribution in [3.05, 3.63) is 36.5 Å². The number of allylic oxidation sites excluding steroid dienone is 6. The standard InChI is InChI=1S/C51H97O9P/c1-3-5-7-9-11-13-15-17-19-21-23-24-25-26-27-29-31-33-35-37-39-41-43-51(54)60-50(48-59-61(55,56)58-46-49(53)45-52)47-57-44-42-40-38-36-34-32-30-28-22-20-18-16-14-12-10-8-6-4-2/h6,8,12,14,18,20,49-50,52-53H,3-5,7,9-11,13,15-17,19,21-48H2,1-2H3,(H,55,56)/b8-6-,14-12-,20-18-. The normalized spacial score (nSPS) is 14.1. The van der Waals surface area contributed by atoms with Gasteiger partial charge in [-0.25, -0.2) is 4.57 Å². The monoisotopic (exact) mass is 885 g/mol. The molecule has 0 spiro atoms. The number of phosphoric acid groups is 1. The summed E-state index contributed by atoms with van der Waals surface area (Å²) in [5, 5.41) is 18.4. The lowest BCUT2D eigenvalue weighted by Crippen LogP contribution is -2.29. The molecule has 0 saturated heterocycles. The first-order valence-corrected chi connectivity index (χ1v) is 27.0. The maximum Gasteiger partial charge on any atom is 0.472 e. The fourth-order valence-corrected chi connectivity index (χ4v) is 8.04. The Kier molecular flexibility index (Phi) is 47.1. The maximum atomic E-state index is 12.7. The zero-order valence-electron chi connectivity index (χ0n) is 39.6. The Balaban J connectivity index is 4.05. The van der Waals surface area contributed by atoms with Crippen molar-refractivity contribution in [2.24, 2.45) is 0 Å². The molecule has 0 saturated carbocycles. The summed E-state index contributed by atoms with van der Waals surface area (Å²) in [6.45, 7) is 3.44. The Morgan fingerprint density at radius 1 is 0.525 bits per heavy atom. The van der Waals surface area contributed by atoms with E-state index in [1.807, 2.05) is 0 Å². The fourth-order valence-electron chi connectivity index (χ4n) is 7.25. The van der Waals surface area contributed by atoms with E-state index in [1.165, 1.54) is 154 Å². The summed E-state index contributed by atoms with van der Waals surface area (Å²) in [7, 11) is -4.52. The Hall–Kier alpha value is -1.32. The van der Waals surface area contributed by atoms with Crippen LogP contribution in [0.2, 0.25) is 0 Å². The third kappa shape index (κ3) is 48.0. The minimum Gasteiger partial charge on any atom is -0.457 e. The van der Waals surface area contributed by atoms with Crippen LogP contribution in [-0.2, 0) is 27.9 Å². The Morgan fingerprint density at radius 3 is 1.41 bits per heavy atom. The zero-order valence-corrected chi connectivity index (χ0v) is 40.5. The van der Waals surface area contributed by atoms with E-state index in [4.69, 9.17) is 23.6 Å². The van der Waals surface area contributed by atoms with Gasteiger partial charge in [0, 0.05) is 13.0 Å². The quantitative estimate of drug-likeness (QED) is 0.0236. The number of hydrogen-bond donors (Lipinski definition) is 3. The van der Waals surface area contributed by atoms with Crippen molar-refractivity contribution in [2.45, 2.75) is 251 Å². The van der Waals surface area contributed by atoms with Gasteiger partial charge >= 0.3 is 13.8 Å². The minimum absolute atomic E-state index is 0.0470. The molecule has 3 unspecified atom stereocenters. The number of aliphatic hydroxyl groups is 2. The Morgan fingerprint density at radius 2 is 0.934 bits per heavy atom. The topological polar surface area (TPSA) is 132 Å². The van der Waals surface area contributed by atoms with E-state index >= 15 is 0 Å². The molecule has 0 radical (unpaired) electrons. The van der Waals surface area contributed by atoms with Gasteiger partial charge in [-0.05, 0) is 44.9 Å². The summed E-state index contributed by atoms with van der Waals surface area (Å²) in [5.74, 6) is -0.381. The predicted octanol–water partition coefficient (Wildman–Crippen LogP) is 14.8. The molecule has 360 valence electrons. The largest absolute Gasteiger partial charge is 0.472 e. The highest BCUT2D eigenvalue weighted by atomic mass is 31.2. The number of phosphoric ester groups is 1. The van der Waals surface area contributed by atoms with Crippen LogP contribution in [0.4, 0.5) is 0 Å². The van der Waals surface area contributed by atoms with E-state index in [0.717, 1.165) is 64.2 Å². The lowest BCUT2D eigenvalue weighted by Gasteiger charge is -2.20. The average molecular weight is 885 g/mol. The molecular weight excluding hydrogens is 788 g/mol. The van der Waals surface area contributed by atoms with Gasteiger partial charge in [-0.15, -0.1) is 0 Å². The van der Waals surface area contributed by atoms with Crippen molar-refractivity contribution in [3.63, 3.8) is 0 Å². The third-order valence-corrected chi connectivity index (χ3v) is 12.0. The van der Waals surface area contributed by atoms with Gasteiger partial charge in [0.25, 0.3) is 0 Å². The number of unbranched alkanes of at least 4 members (excludes halogenated alkanes) is 29. The number of rotatable bonds is 49. The lowest BCUT2D eigenvalue weighted by molar-refractivity contribution is -0.154. The summed E-state index contributed by atoms with van der Waals surface area (Å²) in [5.41, 5.74) is 0. The van der Waals surface area contributed by atoms with Crippen molar-refractivity contribution in [3.8, 4) is 0 Å². The number of carbonyl (C=O) groups excluding carboxylic acids is 1. The smallest absolute Gasteiger partial charge is 0.457 e. The summed E-state index contributed by atoms with van der Waals surface area (Å²) in [6, 6.07) is 0. The van der Waals surface area contributed by atoms with Crippen molar-refractivity contribution in [1.29, 1.82) is 0 Å². The van der Waals surface area contributed by atoms with Gasteiger partial charge in [-0.1, -0.05) is 224 Å². The highest BCUT2D eigenvalue weighted by Gasteiger charge is 2.26. The average Bonchev–Trinajstić information content (AvgIpc) is 3.25. The number of ether oxygens (including phenoxy) is 2. The Bertz CT molecular complexity index is 1050. The summed E-state index contributed by atoms with van der Waals surface area (Å²) < 4.78 is 33.5. The molecule has 0 bridgehead atoms. The molecule has 0 aromatic carbocycles. The molecule has 0 aliphatic rings. The van der Waals surface area contributed by atoms with Gasteiger partial charge in [0.15, 0.2) is 0 Å². The lowest BCUT2D eigenvalue weighted by atomic mass is 10.0. The number of carbonyl (C=O) groups is 1. The second kappa shape index (κ2) is 48.1. The Labute approximate surface area is 375 Å². The van der Waals surface area contributed by atoms with E-state index < -0.39 is 33.2 Å². The van der Waals surface area contributed by atoms with E-state index in [9.17, 15) is 19.4 Å². The van der Waals surface area contributed by atoms with Crippen LogP contribution in [-0.4, -0.2) is 66.3 Å². The van der Waals surface area contributed by atoms with Crippen molar-refractivity contribution < 1.29 is 43.0 Å². The number of hydrogen-bond acceptors (Lipinski definition) is 8. The predicted molar refractivity (Wildman–Crippen MR) is 256 cm³/mol. The van der Waals surface area contributed by atoms with Crippen LogP contribution in [0.3, 0.4) is 0 Å². The molecule has 0 rings (SSSR count). The van der Waals surface area contributed by atoms with Gasteiger partial charge in [0.2, 0.25) is 0 Å². The summed E-state index contributed by atoms with van der Waals surface area (Å²) in [4.78, 5) is 22.7. The van der Waals surface area contributed by atoms with Crippen molar-refractivity contribution in [2.75, 3.05) is 33.0 Å². The van der Waals surface area contributed by atoms with Crippen molar-refractivity contribution in [1.82, 2.24) is 0 Å². The van der Waals surface area contributed by atoms with E-state index in [-0.39, 0.29) is 25.6 Å². The molecule has 0 aliphatic heterocycles. The molecule has 3 N–H and O–H groups in total. The molecule has 0 heterocycles. The molecule has 9 nitrogen and oxygen atoms in total. The van der Waals surface area contributed by atoms with E-state index in [0.29, 0.717) is 6.61 Å². The summed E-state index contributed by atoms with van der Waals surface area (Å²) in [6.07, 6.45) is 54.0. The van der Waals surface area contributed by atoms with Gasteiger partial charge < -0.3 is 24.6 Å². The molecule has 0 fully saturated rings. The SMILES string of the molecule is CC/C=C\C/C=C\C/C=C\CCCCCCCCCCOCC(COP(=O)(O)OCC(O)CO)OC(=O)CCCCCCCCCCCCCCCCCCCCCCCC. The molecule has 0 aromatic heterocycles. The maximum absolute atomic E-state index is 12.7. The molecule has 61 heavy (non-hydrogen) atoms. The van der Waals surface area contributed by atoms with Crippen LogP contribution in [0.15, 0.2) is 36.5 Å². The first kappa shape index (κ1) is 59.7. The highest BCUT2D eigenvalue weighted by Crippen LogP contribution is 2.43. The van der Waals surface area contributed by atoms with Crippen LogP contribution in [0.1, 0.15) is 239 Å². The molecule has 3 atom stereocenters. The molecular formula is C51H97O9P. The number of aliphatic hydroxyl groups excluding tert-OH is 2. The van der Waals surface area contributed by atoms with Crippen LogP contribution in [0.25, 0.3) is 0 Å². The van der Waals surface area contributed by atoms with Crippen LogP contribution >= 0.6 is 7.82 Å². The highest BCUT2D eigenvalue weighted by molar-refractivity contribution is 7.47. The van der Waals surface area contributed by atoms with Gasteiger partial charge in [-0.3, -0.25) is 13.8 Å². The minimum atomic E-state index is -4.52. The molecule has 0 amide bonds. The number of esters is 1. The van der Waals surface area contributed by atoms with E-state index in [2.05, 4.69) is 50.3 Å². The first-order chi connectivity index (χ1) is 29.8. The van der Waals surface area contributed by atoms with Crippen LogP contribution < -0.4 is 0 Å². The zero-order chi connectivity index (χ0) is 44.6. The van der Waals surface area contributed by atoms with Gasteiger partial charge in [-0.2, -0.15) is 0 Å². The third-order valence-electron chi connectivity index (χ3n) is 11.1. The van der Waals surface area contributed by atoms with Crippen molar-refractivity contribution >= 4 is 13.8 Å². The van der Waals surface area contributed by atoms with Crippen LogP contribution in [0, 0.1) is 0 Å². The molecule has 0 aromatic rings. The fraction of sp³-hybridized carbons (Fsp3) is 0.863. The van der Waals surface area contributed by atoms with Gasteiger partial charge in [0.05, 0.1) is 26.4 Å². The second-order valence-electron chi connectivity index (χ2n) is 17.2. The first-order valence-electron chi connectivity index (χ1n) is 25.5. The second-order valence-corrected chi connectivity index (χ2v) is 18.6. The molecule has 0 aliphatic carbocycles. The van der Waals surface area contributed by atoms with E-state index in [1.54, 1.807) is 0 Å². The van der Waals surface area contributed by atoms with Crippen LogP contribution in [0.5, 0.6) is 0 Å².